The first kappa shape index (κ1) is 13.6. The van der Waals surface area contributed by atoms with E-state index in [2.05, 4.69) is 34.7 Å². The van der Waals surface area contributed by atoms with Gasteiger partial charge in [0.25, 0.3) is 0 Å². The maximum atomic E-state index is 9.04. The molecule has 0 N–H and O–H groups in total. The van der Waals surface area contributed by atoms with Crippen LogP contribution in [0.1, 0.15) is 16.7 Å². The summed E-state index contributed by atoms with van der Waals surface area (Å²) < 4.78 is 1.08. The van der Waals surface area contributed by atoms with Crippen LogP contribution in [0.5, 0.6) is 0 Å². The summed E-state index contributed by atoms with van der Waals surface area (Å²) >= 11 is 2.27. The number of hydrogen-bond acceptors (Lipinski definition) is 1. The number of hydrogen-bond donors (Lipinski definition) is 0. The van der Waals surface area contributed by atoms with E-state index in [1.165, 1.54) is 0 Å². The molecule has 0 radical (unpaired) electrons. The lowest BCUT2D eigenvalue weighted by molar-refractivity contribution is 1.45. The van der Waals surface area contributed by atoms with Gasteiger partial charge >= 0.3 is 0 Å². The minimum atomic E-state index is 0.688. The van der Waals surface area contributed by atoms with Crippen molar-refractivity contribution in [3.05, 3.63) is 81.0 Å². The highest BCUT2D eigenvalue weighted by molar-refractivity contribution is 14.1. The second-order valence-electron chi connectivity index (χ2n) is 3.95. The van der Waals surface area contributed by atoms with Gasteiger partial charge in [-0.05, 0) is 45.9 Å². The summed E-state index contributed by atoms with van der Waals surface area (Å²) in [5.74, 6) is 0. The molecule has 19 heavy (non-hydrogen) atoms. The summed E-state index contributed by atoms with van der Waals surface area (Å²) in [6.07, 6.45) is 20.0. The fourth-order valence-corrected chi connectivity index (χ4v) is 2.54. The van der Waals surface area contributed by atoms with Crippen LogP contribution in [0.3, 0.4) is 0 Å². The molecule has 0 atom stereocenters. The normalized spacial score (nSPS) is 21.9. The van der Waals surface area contributed by atoms with Crippen molar-refractivity contribution in [1.29, 1.82) is 5.26 Å². The van der Waals surface area contributed by atoms with Crippen molar-refractivity contribution in [1.82, 2.24) is 0 Å². The first-order chi connectivity index (χ1) is 9.31. The van der Waals surface area contributed by atoms with E-state index in [1.807, 2.05) is 66.8 Å². The number of allylic oxidation sites excluding steroid dienone is 8. The van der Waals surface area contributed by atoms with Gasteiger partial charge in [0.05, 0.1) is 11.6 Å². The maximum absolute atomic E-state index is 9.04. The molecule has 2 heteroatoms. The van der Waals surface area contributed by atoms with Crippen LogP contribution in [-0.4, -0.2) is 0 Å². The van der Waals surface area contributed by atoms with Gasteiger partial charge in [-0.3, -0.25) is 0 Å². The van der Waals surface area contributed by atoms with Crippen molar-refractivity contribution in [2.45, 2.75) is 0 Å². The Bertz CT molecular complexity index is 653. The van der Waals surface area contributed by atoms with Crippen molar-refractivity contribution < 1.29 is 0 Å². The average Bonchev–Trinajstić information content (AvgIpc) is 2.40. The van der Waals surface area contributed by atoms with Gasteiger partial charge in [-0.25, -0.2) is 0 Å². The van der Waals surface area contributed by atoms with Gasteiger partial charge in [0.2, 0.25) is 0 Å². The molecule has 0 aromatic heterocycles. The van der Waals surface area contributed by atoms with Gasteiger partial charge in [0.15, 0.2) is 0 Å². The van der Waals surface area contributed by atoms with Crippen LogP contribution in [-0.2, 0) is 0 Å². The Balaban J connectivity index is 2.56. The molecule has 0 heterocycles. The molecule has 1 aromatic carbocycles. The summed E-state index contributed by atoms with van der Waals surface area (Å²) in [6.45, 7) is 0. The van der Waals surface area contributed by atoms with E-state index >= 15 is 0 Å². The van der Waals surface area contributed by atoms with Crippen LogP contribution in [0.25, 0.3) is 12.2 Å². The summed E-state index contributed by atoms with van der Waals surface area (Å²) in [7, 11) is 0. The van der Waals surface area contributed by atoms with Crippen LogP contribution in [0.2, 0.25) is 0 Å². The SMILES string of the molecule is N#Cc1cc(I)c2c(c1)\C=C/C=C\C=C/C=C\C=C/2. The smallest absolute Gasteiger partial charge is 0.0992 e. The third-order valence-corrected chi connectivity index (χ3v) is 3.50. The van der Waals surface area contributed by atoms with Crippen molar-refractivity contribution in [2.24, 2.45) is 0 Å². The zero-order valence-corrected chi connectivity index (χ0v) is 12.4. The highest BCUT2D eigenvalue weighted by Crippen LogP contribution is 2.22. The van der Waals surface area contributed by atoms with E-state index < -0.39 is 0 Å². The Hall–Kier alpha value is -1.86. The van der Waals surface area contributed by atoms with Crippen molar-refractivity contribution in [2.75, 3.05) is 0 Å². The number of benzene rings is 1. The Labute approximate surface area is 127 Å². The van der Waals surface area contributed by atoms with Gasteiger partial charge in [-0.2, -0.15) is 5.26 Å². The van der Waals surface area contributed by atoms with Gasteiger partial charge in [-0.1, -0.05) is 60.8 Å². The molecule has 0 amide bonds. The number of fused-ring (bicyclic) bond motifs is 1. The summed E-state index contributed by atoms with van der Waals surface area (Å²) in [5.41, 5.74) is 2.88. The van der Waals surface area contributed by atoms with E-state index in [9.17, 15) is 0 Å². The molecule has 1 aliphatic rings. The monoisotopic (exact) mass is 357 g/mol. The lowest BCUT2D eigenvalue weighted by Crippen LogP contribution is -1.89. The van der Waals surface area contributed by atoms with Gasteiger partial charge in [0.1, 0.15) is 0 Å². The van der Waals surface area contributed by atoms with E-state index in [-0.39, 0.29) is 0 Å². The van der Waals surface area contributed by atoms with Crippen LogP contribution in [0, 0.1) is 14.9 Å². The maximum Gasteiger partial charge on any atom is 0.0992 e. The lowest BCUT2D eigenvalue weighted by Gasteiger charge is -2.05. The van der Waals surface area contributed by atoms with E-state index in [4.69, 9.17) is 5.26 Å². The molecule has 2 rings (SSSR count). The zero-order valence-electron chi connectivity index (χ0n) is 10.3. The van der Waals surface area contributed by atoms with Gasteiger partial charge < -0.3 is 0 Å². The molecule has 0 saturated heterocycles. The van der Waals surface area contributed by atoms with Crippen molar-refractivity contribution in [3.63, 3.8) is 0 Å². The Kier molecular flexibility index (Phi) is 4.93. The number of rotatable bonds is 0. The largest absolute Gasteiger partial charge is 0.192 e. The molecule has 92 valence electrons. The van der Waals surface area contributed by atoms with Crippen LogP contribution in [0.15, 0.2) is 60.7 Å². The third kappa shape index (κ3) is 3.80. The molecule has 0 fully saturated rings. The van der Waals surface area contributed by atoms with E-state index in [1.54, 1.807) is 0 Å². The van der Waals surface area contributed by atoms with Gasteiger partial charge in [0, 0.05) is 3.57 Å². The summed E-state index contributed by atoms with van der Waals surface area (Å²) in [6, 6.07) is 6.02. The second kappa shape index (κ2) is 6.91. The van der Waals surface area contributed by atoms with E-state index in [0.29, 0.717) is 5.56 Å². The third-order valence-electron chi connectivity index (χ3n) is 2.61. The summed E-state index contributed by atoms with van der Waals surface area (Å²) in [5, 5.41) is 9.04. The zero-order chi connectivity index (χ0) is 13.5. The van der Waals surface area contributed by atoms with Crippen LogP contribution < -0.4 is 0 Å². The average molecular weight is 357 g/mol. The number of halogens is 1. The quantitative estimate of drug-likeness (QED) is 0.608. The Morgan fingerprint density at radius 2 is 1.37 bits per heavy atom. The lowest BCUT2D eigenvalue weighted by atomic mass is 10.0. The topological polar surface area (TPSA) is 23.8 Å². The molecule has 1 aliphatic carbocycles. The molecule has 0 unspecified atom stereocenters. The molecule has 0 aliphatic heterocycles. The highest BCUT2D eigenvalue weighted by atomic mass is 127. The first-order valence-electron chi connectivity index (χ1n) is 5.89. The fraction of sp³-hybridized carbons (Fsp3) is 0. The molecule has 0 bridgehead atoms. The Morgan fingerprint density at radius 3 is 2.00 bits per heavy atom. The van der Waals surface area contributed by atoms with Gasteiger partial charge in [-0.15, -0.1) is 0 Å². The predicted molar refractivity (Wildman–Crippen MR) is 89.4 cm³/mol. The minimum absolute atomic E-state index is 0.688. The Morgan fingerprint density at radius 1 is 0.789 bits per heavy atom. The van der Waals surface area contributed by atoms with Crippen molar-refractivity contribution >= 4 is 34.7 Å². The predicted octanol–water partition coefficient (Wildman–Crippen LogP) is 4.87. The fourth-order valence-electron chi connectivity index (χ4n) is 1.71. The molecular formula is C17H12IN. The van der Waals surface area contributed by atoms with Crippen LogP contribution in [0.4, 0.5) is 0 Å². The van der Waals surface area contributed by atoms with Crippen LogP contribution >= 0.6 is 22.6 Å². The molecule has 0 spiro atoms. The second-order valence-corrected chi connectivity index (χ2v) is 5.11. The molecule has 0 saturated carbocycles. The highest BCUT2D eigenvalue weighted by Gasteiger charge is 2.04. The van der Waals surface area contributed by atoms with Crippen molar-refractivity contribution in [3.8, 4) is 6.07 Å². The standard InChI is InChI=1S/C17H12IN/c18-17-12-14(13-19)11-15-9-7-5-3-1-2-4-6-8-10-16(15)17/h1-12H/b2-1-,3-1?,4-2?,5-3-,6-4-,7-5?,8-6?,9-7-,10-8-,15-9?,16-10?. The van der Waals surface area contributed by atoms with E-state index in [0.717, 1.165) is 14.7 Å². The molecule has 1 aromatic rings. The molecule has 1 nitrogen and oxygen atoms in total. The first-order valence-corrected chi connectivity index (χ1v) is 6.97. The summed E-state index contributed by atoms with van der Waals surface area (Å²) in [4.78, 5) is 0. The number of nitriles is 1. The number of nitrogens with zero attached hydrogens (tertiary/aromatic N) is 1. The minimum Gasteiger partial charge on any atom is -0.192 e. The molecular weight excluding hydrogens is 345 g/mol.